The van der Waals surface area contributed by atoms with Gasteiger partial charge in [0.25, 0.3) is 0 Å². The van der Waals surface area contributed by atoms with Crippen molar-refractivity contribution in [3.8, 4) is 17.2 Å². The first-order valence-corrected chi connectivity index (χ1v) is 12.0. The minimum absolute atomic E-state index is 0.0508. The molecule has 2 aliphatic rings. The van der Waals surface area contributed by atoms with Gasteiger partial charge in [-0.1, -0.05) is 23.7 Å². The fourth-order valence-electron chi connectivity index (χ4n) is 4.91. The Kier molecular flexibility index (Phi) is 6.41. The van der Waals surface area contributed by atoms with Gasteiger partial charge in [-0.05, 0) is 55.7 Å². The van der Waals surface area contributed by atoms with E-state index in [1.54, 1.807) is 13.2 Å². The van der Waals surface area contributed by atoms with Gasteiger partial charge in [0.2, 0.25) is 0 Å². The molecule has 0 saturated heterocycles. The molecule has 3 aromatic rings. The van der Waals surface area contributed by atoms with Crippen LogP contribution in [0.5, 0.6) is 17.2 Å². The maximum absolute atomic E-state index is 13.0. The van der Waals surface area contributed by atoms with E-state index in [0.717, 1.165) is 29.5 Å². The number of nitrogens with zero attached hydrogens (tertiary/aromatic N) is 1. The Balaban J connectivity index is 1.53. The van der Waals surface area contributed by atoms with E-state index in [-0.39, 0.29) is 5.78 Å². The van der Waals surface area contributed by atoms with Gasteiger partial charge in [-0.15, -0.1) is 0 Å². The Morgan fingerprint density at radius 2 is 1.81 bits per heavy atom. The Labute approximate surface area is 213 Å². The number of carbonyl (C=O) groups excluding carboxylic acids is 2. The lowest BCUT2D eigenvalue weighted by molar-refractivity contribution is -0.136. The maximum atomic E-state index is 13.0. The second-order valence-corrected chi connectivity index (χ2v) is 9.14. The van der Waals surface area contributed by atoms with E-state index in [2.05, 4.69) is 10.3 Å². The van der Waals surface area contributed by atoms with Gasteiger partial charge in [0.1, 0.15) is 22.4 Å². The lowest BCUT2D eigenvalue weighted by Crippen LogP contribution is -2.34. The van der Waals surface area contributed by atoms with Gasteiger partial charge in [0.05, 0.1) is 25.3 Å². The van der Waals surface area contributed by atoms with Crippen LogP contribution in [-0.4, -0.2) is 31.0 Å². The van der Waals surface area contributed by atoms with Crippen LogP contribution in [0.4, 0.5) is 0 Å². The molecule has 36 heavy (non-hydrogen) atoms. The number of ether oxygens (including phenoxy) is 3. The lowest BCUT2D eigenvalue weighted by Gasteiger charge is -2.34. The number of halogens is 1. The smallest absolute Gasteiger partial charge is 0.336 e. The molecule has 1 aliphatic carbocycles. The molecule has 0 saturated carbocycles. The van der Waals surface area contributed by atoms with Crippen LogP contribution in [-0.2, 0) is 14.3 Å². The highest BCUT2D eigenvalue weighted by atomic mass is 35.5. The molecule has 0 fully saturated rings. The standard InChI is InChI=1S/C28H25ClN2O5/c1-15-25(28(33)35-3)26(27-21(30-15)5-4-6-22(27)32)16-7-9-17(10-8-16)36-23-14-24(29)31-20-12-11-18(34-2)13-19(20)23/h7-14,26,30H,4-6H2,1-3H3. The Morgan fingerprint density at radius 1 is 1.06 bits per heavy atom. The molecule has 0 amide bonds. The highest BCUT2D eigenvalue weighted by Crippen LogP contribution is 2.43. The van der Waals surface area contributed by atoms with Gasteiger partial charge >= 0.3 is 5.97 Å². The molecule has 1 aliphatic heterocycles. The van der Waals surface area contributed by atoms with Crippen molar-refractivity contribution in [3.63, 3.8) is 0 Å². The van der Waals surface area contributed by atoms with Crippen LogP contribution in [0.2, 0.25) is 5.15 Å². The second kappa shape index (κ2) is 9.66. The molecule has 2 heterocycles. The summed E-state index contributed by atoms with van der Waals surface area (Å²) in [4.78, 5) is 30.1. The summed E-state index contributed by atoms with van der Waals surface area (Å²) in [5, 5.41) is 4.35. The number of aromatic nitrogens is 1. The minimum Gasteiger partial charge on any atom is -0.497 e. The Morgan fingerprint density at radius 3 is 2.53 bits per heavy atom. The summed E-state index contributed by atoms with van der Waals surface area (Å²) in [5.41, 5.74) is 4.16. The molecule has 184 valence electrons. The quantitative estimate of drug-likeness (QED) is 0.345. The van der Waals surface area contributed by atoms with E-state index in [4.69, 9.17) is 25.8 Å². The number of Topliss-reactive ketones (excluding diaryl/α,β-unsaturated/α-hetero) is 1. The van der Waals surface area contributed by atoms with Crippen LogP contribution < -0.4 is 14.8 Å². The largest absolute Gasteiger partial charge is 0.497 e. The average Bonchev–Trinajstić information content (AvgIpc) is 2.88. The summed E-state index contributed by atoms with van der Waals surface area (Å²) in [7, 11) is 2.95. The van der Waals surface area contributed by atoms with Crippen LogP contribution in [0.1, 0.15) is 37.7 Å². The molecule has 1 atom stereocenters. The third-order valence-corrected chi connectivity index (χ3v) is 6.76. The van der Waals surface area contributed by atoms with Crippen LogP contribution in [0.15, 0.2) is 71.1 Å². The molecule has 8 heteroatoms. The molecular weight excluding hydrogens is 480 g/mol. The van der Waals surface area contributed by atoms with Crippen LogP contribution in [0.3, 0.4) is 0 Å². The summed E-state index contributed by atoms with van der Waals surface area (Å²) >= 11 is 6.23. The highest BCUT2D eigenvalue weighted by molar-refractivity contribution is 6.30. The number of rotatable bonds is 5. The summed E-state index contributed by atoms with van der Waals surface area (Å²) in [6.45, 7) is 1.84. The molecule has 1 aromatic heterocycles. The van der Waals surface area contributed by atoms with Gasteiger partial charge in [-0.25, -0.2) is 9.78 Å². The number of hydrogen-bond donors (Lipinski definition) is 1. The molecule has 2 aromatic carbocycles. The molecule has 1 unspecified atom stereocenters. The molecule has 0 bridgehead atoms. The third kappa shape index (κ3) is 4.31. The van der Waals surface area contributed by atoms with E-state index in [0.29, 0.717) is 51.2 Å². The number of benzene rings is 2. The number of allylic oxidation sites excluding steroid dienone is 3. The summed E-state index contributed by atoms with van der Waals surface area (Å²) in [6.07, 6.45) is 2.02. The van der Waals surface area contributed by atoms with Crippen LogP contribution in [0.25, 0.3) is 10.9 Å². The number of fused-ring (bicyclic) bond motifs is 1. The van der Waals surface area contributed by atoms with E-state index in [1.165, 1.54) is 7.11 Å². The lowest BCUT2D eigenvalue weighted by atomic mass is 9.75. The Bertz CT molecular complexity index is 1440. The number of dihydropyridines is 1. The van der Waals surface area contributed by atoms with Crippen molar-refractivity contribution < 1.29 is 23.8 Å². The molecule has 1 N–H and O–H groups in total. The van der Waals surface area contributed by atoms with Crippen molar-refractivity contribution in [3.05, 3.63) is 81.8 Å². The predicted molar refractivity (Wildman–Crippen MR) is 136 cm³/mol. The molecule has 0 spiro atoms. The van der Waals surface area contributed by atoms with Gasteiger partial charge < -0.3 is 19.5 Å². The predicted octanol–water partition coefficient (Wildman–Crippen LogP) is 5.83. The highest BCUT2D eigenvalue weighted by Gasteiger charge is 2.38. The normalized spacial score (nSPS) is 17.6. The SMILES string of the molecule is COC(=O)C1=C(C)NC2=C(C(=O)CCC2)C1c1ccc(Oc2cc(Cl)nc3ccc(OC)cc23)cc1. The summed E-state index contributed by atoms with van der Waals surface area (Å²) in [6, 6.07) is 14.5. The average molecular weight is 505 g/mol. The van der Waals surface area contributed by atoms with Crippen molar-refractivity contribution in [1.29, 1.82) is 0 Å². The summed E-state index contributed by atoms with van der Waals surface area (Å²) in [5.74, 6) is 0.880. The number of ketones is 1. The molecule has 5 rings (SSSR count). The van der Waals surface area contributed by atoms with Gasteiger partial charge in [-0.3, -0.25) is 4.79 Å². The van der Waals surface area contributed by atoms with Crippen molar-refractivity contribution in [1.82, 2.24) is 10.3 Å². The topological polar surface area (TPSA) is 86.8 Å². The van der Waals surface area contributed by atoms with Crippen LogP contribution >= 0.6 is 11.6 Å². The summed E-state index contributed by atoms with van der Waals surface area (Å²) < 4.78 is 16.6. The number of carbonyl (C=O) groups is 2. The number of nitrogens with one attached hydrogen (secondary N) is 1. The van der Waals surface area contributed by atoms with Gasteiger partial charge in [-0.2, -0.15) is 0 Å². The molecule has 7 nitrogen and oxygen atoms in total. The first kappa shape index (κ1) is 23.9. The van der Waals surface area contributed by atoms with Crippen molar-refractivity contribution in [2.45, 2.75) is 32.1 Å². The van der Waals surface area contributed by atoms with E-state index in [1.807, 2.05) is 49.4 Å². The monoisotopic (exact) mass is 504 g/mol. The fourth-order valence-corrected chi connectivity index (χ4v) is 5.10. The first-order chi connectivity index (χ1) is 17.4. The molecule has 0 radical (unpaired) electrons. The van der Waals surface area contributed by atoms with Gasteiger partial charge in [0, 0.05) is 40.8 Å². The zero-order valence-electron chi connectivity index (χ0n) is 20.2. The van der Waals surface area contributed by atoms with E-state index >= 15 is 0 Å². The van der Waals surface area contributed by atoms with Crippen molar-refractivity contribution in [2.75, 3.05) is 14.2 Å². The number of esters is 1. The zero-order valence-corrected chi connectivity index (χ0v) is 20.9. The number of hydrogen-bond acceptors (Lipinski definition) is 7. The zero-order chi connectivity index (χ0) is 25.4. The van der Waals surface area contributed by atoms with Crippen molar-refractivity contribution in [2.24, 2.45) is 0 Å². The van der Waals surface area contributed by atoms with E-state index < -0.39 is 11.9 Å². The molecular formula is C28H25ClN2O5. The second-order valence-electron chi connectivity index (χ2n) is 8.75. The fraction of sp³-hybridized carbons (Fsp3) is 0.250. The number of pyridine rings is 1. The van der Waals surface area contributed by atoms with E-state index in [9.17, 15) is 9.59 Å². The van der Waals surface area contributed by atoms with Gasteiger partial charge in [0.15, 0.2) is 5.78 Å². The first-order valence-electron chi connectivity index (χ1n) is 11.6. The minimum atomic E-state index is -0.504. The third-order valence-electron chi connectivity index (χ3n) is 6.57. The van der Waals surface area contributed by atoms with Crippen LogP contribution in [0, 0.1) is 0 Å². The van der Waals surface area contributed by atoms with Crippen molar-refractivity contribution >= 4 is 34.3 Å². The maximum Gasteiger partial charge on any atom is 0.336 e. The Hall–Kier alpha value is -3.84. The number of methoxy groups -OCH3 is 2.